The Bertz CT molecular complexity index is 584. The fourth-order valence-electron chi connectivity index (χ4n) is 1.72. The van der Waals surface area contributed by atoms with E-state index in [0.717, 1.165) is 22.6 Å². The van der Waals surface area contributed by atoms with Crippen molar-refractivity contribution in [2.45, 2.75) is 6.61 Å². The minimum atomic E-state index is 0.364. The predicted octanol–water partition coefficient (Wildman–Crippen LogP) is 2.91. The van der Waals surface area contributed by atoms with Gasteiger partial charge in [-0.05, 0) is 18.2 Å². The first kappa shape index (κ1) is 13.4. The number of thiocarbonyl (C=S) groups is 1. The molecule has 2 rings (SSSR count). The quantitative estimate of drug-likeness (QED) is 0.851. The molecule has 0 aliphatic heterocycles. The van der Waals surface area contributed by atoms with Crippen molar-refractivity contribution >= 4 is 17.2 Å². The third kappa shape index (κ3) is 3.45. The molecule has 0 saturated carbocycles. The molecular weight excluding hydrogens is 258 g/mol. The molecule has 0 saturated heterocycles. The van der Waals surface area contributed by atoms with Gasteiger partial charge in [0.1, 0.15) is 23.1 Å². The van der Waals surface area contributed by atoms with E-state index in [-0.39, 0.29) is 0 Å². The van der Waals surface area contributed by atoms with Crippen LogP contribution in [0.4, 0.5) is 0 Å². The first-order valence-electron chi connectivity index (χ1n) is 5.85. The highest BCUT2D eigenvalue weighted by Crippen LogP contribution is 2.20. The summed E-state index contributed by atoms with van der Waals surface area (Å²) in [7, 11) is 1.65. The average molecular weight is 273 g/mol. The fraction of sp³-hybridized carbons (Fsp3) is 0.133. The van der Waals surface area contributed by atoms with Crippen LogP contribution in [0.2, 0.25) is 0 Å². The Morgan fingerprint density at radius 3 is 2.68 bits per heavy atom. The number of para-hydroxylation sites is 1. The van der Waals surface area contributed by atoms with E-state index in [1.165, 1.54) is 0 Å². The normalized spacial score (nSPS) is 9.95. The summed E-state index contributed by atoms with van der Waals surface area (Å²) in [6.45, 7) is 0.435. The molecule has 0 aromatic heterocycles. The molecule has 4 heteroatoms. The number of hydrogen-bond acceptors (Lipinski definition) is 3. The highest BCUT2D eigenvalue weighted by molar-refractivity contribution is 7.80. The third-order valence-corrected chi connectivity index (χ3v) is 2.94. The Hall–Kier alpha value is -2.07. The summed E-state index contributed by atoms with van der Waals surface area (Å²) >= 11 is 4.94. The third-order valence-electron chi connectivity index (χ3n) is 2.71. The maximum absolute atomic E-state index is 5.73. The van der Waals surface area contributed by atoms with Crippen molar-refractivity contribution in [1.82, 2.24) is 0 Å². The van der Waals surface area contributed by atoms with Gasteiger partial charge in [-0.15, -0.1) is 0 Å². The van der Waals surface area contributed by atoms with E-state index in [4.69, 9.17) is 27.4 Å². The summed E-state index contributed by atoms with van der Waals surface area (Å²) in [4.78, 5) is 0.364. The van der Waals surface area contributed by atoms with Crippen molar-refractivity contribution in [3.63, 3.8) is 0 Å². The van der Waals surface area contributed by atoms with Crippen LogP contribution in [0.1, 0.15) is 11.1 Å². The Kier molecular flexibility index (Phi) is 4.36. The molecule has 0 bridgehead atoms. The number of methoxy groups -OCH3 is 1. The van der Waals surface area contributed by atoms with Crippen molar-refractivity contribution in [2.75, 3.05) is 7.11 Å². The first-order chi connectivity index (χ1) is 9.20. The Balaban J connectivity index is 2.10. The van der Waals surface area contributed by atoms with E-state index in [1.807, 2.05) is 48.5 Å². The van der Waals surface area contributed by atoms with Crippen LogP contribution in [0.25, 0.3) is 0 Å². The highest BCUT2D eigenvalue weighted by Gasteiger charge is 2.03. The van der Waals surface area contributed by atoms with E-state index in [1.54, 1.807) is 7.11 Å². The molecule has 0 atom stereocenters. The summed E-state index contributed by atoms with van der Waals surface area (Å²) in [5.74, 6) is 1.55. The van der Waals surface area contributed by atoms with Gasteiger partial charge in [0.2, 0.25) is 0 Å². The summed E-state index contributed by atoms with van der Waals surface area (Å²) in [6, 6.07) is 15.2. The second-order valence-electron chi connectivity index (χ2n) is 3.99. The highest BCUT2D eigenvalue weighted by atomic mass is 32.1. The van der Waals surface area contributed by atoms with Crippen LogP contribution in [0.15, 0.2) is 48.5 Å². The lowest BCUT2D eigenvalue weighted by Gasteiger charge is -2.10. The molecule has 0 spiro atoms. The Morgan fingerprint density at radius 1 is 1.16 bits per heavy atom. The zero-order chi connectivity index (χ0) is 13.7. The molecule has 2 aromatic carbocycles. The van der Waals surface area contributed by atoms with Crippen LogP contribution in [0.3, 0.4) is 0 Å². The molecule has 0 aliphatic rings. The number of ether oxygens (including phenoxy) is 2. The van der Waals surface area contributed by atoms with Gasteiger partial charge in [0.25, 0.3) is 0 Å². The van der Waals surface area contributed by atoms with Crippen LogP contribution >= 0.6 is 12.2 Å². The van der Waals surface area contributed by atoms with Crippen molar-refractivity contribution in [2.24, 2.45) is 5.73 Å². The average Bonchev–Trinajstić information content (AvgIpc) is 2.45. The molecule has 2 aromatic rings. The lowest BCUT2D eigenvalue weighted by molar-refractivity contribution is 0.296. The van der Waals surface area contributed by atoms with E-state index in [9.17, 15) is 0 Å². The van der Waals surface area contributed by atoms with Gasteiger partial charge in [0.15, 0.2) is 0 Å². The lowest BCUT2D eigenvalue weighted by atomic mass is 10.2. The Morgan fingerprint density at radius 2 is 1.95 bits per heavy atom. The predicted molar refractivity (Wildman–Crippen MR) is 79.7 cm³/mol. The largest absolute Gasteiger partial charge is 0.496 e. The van der Waals surface area contributed by atoms with Crippen molar-refractivity contribution < 1.29 is 9.47 Å². The van der Waals surface area contributed by atoms with Gasteiger partial charge in [0.05, 0.1) is 7.11 Å². The van der Waals surface area contributed by atoms with Gasteiger partial charge in [-0.2, -0.15) is 0 Å². The molecular formula is C15H15NO2S. The smallest absolute Gasteiger partial charge is 0.125 e. The lowest BCUT2D eigenvalue weighted by Crippen LogP contribution is -2.09. The van der Waals surface area contributed by atoms with Crippen LogP contribution < -0.4 is 15.2 Å². The minimum Gasteiger partial charge on any atom is -0.496 e. The zero-order valence-electron chi connectivity index (χ0n) is 10.6. The van der Waals surface area contributed by atoms with Gasteiger partial charge in [-0.3, -0.25) is 0 Å². The molecule has 0 aliphatic carbocycles. The summed E-state index contributed by atoms with van der Waals surface area (Å²) < 4.78 is 11.0. The molecule has 0 heterocycles. The molecule has 3 nitrogen and oxygen atoms in total. The first-order valence-corrected chi connectivity index (χ1v) is 6.26. The van der Waals surface area contributed by atoms with E-state index in [2.05, 4.69) is 0 Å². The molecule has 0 unspecified atom stereocenters. The zero-order valence-corrected chi connectivity index (χ0v) is 11.4. The maximum Gasteiger partial charge on any atom is 0.125 e. The fourth-order valence-corrected chi connectivity index (χ4v) is 1.85. The van der Waals surface area contributed by atoms with Crippen LogP contribution in [0.5, 0.6) is 11.5 Å². The van der Waals surface area contributed by atoms with E-state index >= 15 is 0 Å². The van der Waals surface area contributed by atoms with Gasteiger partial charge in [0, 0.05) is 11.1 Å². The summed E-state index contributed by atoms with van der Waals surface area (Å²) in [5, 5.41) is 0. The second-order valence-corrected chi connectivity index (χ2v) is 4.43. The number of benzene rings is 2. The number of rotatable bonds is 5. The maximum atomic E-state index is 5.73. The number of nitrogens with two attached hydrogens (primary N) is 1. The van der Waals surface area contributed by atoms with Crippen LogP contribution in [-0.4, -0.2) is 12.1 Å². The van der Waals surface area contributed by atoms with Crippen molar-refractivity contribution in [3.8, 4) is 11.5 Å². The summed E-state index contributed by atoms with van der Waals surface area (Å²) in [6.07, 6.45) is 0. The van der Waals surface area contributed by atoms with Crippen LogP contribution in [-0.2, 0) is 6.61 Å². The van der Waals surface area contributed by atoms with Gasteiger partial charge < -0.3 is 15.2 Å². The summed E-state index contributed by atoms with van der Waals surface area (Å²) in [5.41, 5.74) is 7.38. The Labute approximate surface area is 118 Å². The molecule has 98 valence electrons. The van der Waals surface area contributed by atoms with E-state index in [0.29, 0.717) is 11.6 Å². The molecule has 0 amide bonds. The minimum absolute atomic E-state index is 0.364. The molecule has 0 fully saturated rings. The van der Waals surface area contributed by atoms with E-state index < -0.39 is 0 Å². The van der Waals surface area contributed by atoms with Crippen molar-refractivity contribution in [1.29, 1.82) is 0 Å². The molecule has 0 radical (unpaired) electrons. The number of hydrogen-bond donors (Lipinski definition) is 1. The monoisotopic (exact) mass is 273 g/mol. The van der Waals surface area contributed by atoms with Crippen molar-refractivity contribution in [3.05, 3.63) is 59.7 Å². The van der Waals surface area contributed by atoms with Crippen LogP contribution in [0, 0.1) is 0 Å². The topological polar surface area (TPSA) is 44.5 Å². The molecule has 2 N–H and O–H groups in total. The standard InChI is InChI=1S/C15H15NO2S/c1-17-14-8-3-2-5-12(14)10-18-13-7-4-6-11(9-13)15(16)19/h2-9H,10H2,1H3,(H2,16,19). The van der Waals surface area contributed by atoms with Gasteiger partial charge in [-0.1, -0.05) is 42.5 Å². The van der Waals surface area contributed by atoms with Gasteiger partial charge in [-0.25, -0.2) is 0 Å². The van der Waals surface area contributed by atoms with Gasteiger partial charge >= 0.3 is 0 Å². The molecule has 19 heavy (non-hydrogen) atoms. The second kappa shape index (κ2) is 6.20. The SMILES string of the molecule is COc1ccccc1COc1cccc(C(N)=S)c1.